The topological polar surface area (TPSA) is 81.0 Å². The number of nitro groups is 1. The van der Waals surface area contributed by atoms with Gasteiger partial charge >= 0.3 is 120 Å². The molecule has 0 atom stereocenters. The Kier molecular flexibility index (Phi) is 3.45. The normalized spacial score (nSPS) is 10.6. The second kappa shape index (κ2) is 5.40. The standard InChI is InChI=1S/C13H10N4O2Se/c18-17(19)12-7-2-1-4-9(12)8-14-10-5-3-6-11-13(10)16-20-15-11/h1-7,14H,8H2. The first-order chi connectivity index (χ1) is 9.75. The summed E-state index contributed by atoms with van der Waals surface area (Å²) < 4.78 is 8.68. The van der Waals surface area contributed by atoms with Gasteiger partial charge in [0.2, 0.25) is 0 Å². The number of fused-ring (bicyclic) bond motifs is 1. The maximum atomic E-state index is 11.0. The molecule has 0 fully saturated rings. The van der Waals surface area contributed by atoms with Crippen molar-refractivity contribution < 1.29 is 4.92 Å². The van der Waals surface area contributed by atoms with Crippen molar-refractivity contribution in [2.75, 3.05) is 5.32 Å². The van der Waals surface area contributed by atoms with Gasteiger partial charge in [0, 0.05) is 0 Å². The molecule has 0 saturated heterocycles. The van der Waals surface area contributed by atoms with Crippen LogP contribution in [0.1, 0.15) is 5.56 Å². The fourth-order valence-corrected chi connectivity index (χ4v) is 3.13. The van der Waals surface area contributed by atoms with E-state index in [-0.39, 0.29) is 25.6 Å². The summed E-state index contributed by atoms with van der Waals surface area (Å²) in [5.74, 6) is 0. The van der Waals surface area contributed by atoms with E-state index in [0.29, 0.717) is 12.1 Å². The zero-order chi connectivity index (χ0) is 13.9. The molecule has 6 nitrogen and oxygen atoms in total. The fourth-order valence-electron chi connectivity index (χ4n) is 1.98. The van der Waals surface area contributed by atoms with Gasteiger partial charge in [0.05, 0.1) is 0 Å². The molecule has 2 aromatic carbocycles. The van der Waals surface area contributed by atoms with Gasteiger partial charge in [0.25, 0.3) is 0 Å². The van der Waals surface area contributed by atoms with E-state index in [2.05, 4.69) is 13.3 Å². The molecule has 3 rings (SSSR count). The van der Waals surface area contributed by atoms with Crippen molar-refractivity contribution in [1.82, 2.24) is 7.96 Å². The molecule has 1 heterocycles. The summed E-state index contributed by atoms with van der Waals surface area (Å²) >= 11 is -0.0845. The number of nitro benzene ring substituents is 1. The van der Waals surface area contributed by atoms with Gasteiger partial charge < -0.3 is 0 Å². The number of nitrogens with zero attached hydrogens (tertiary/aromatic N) is 3. The van der Waals surface area contributed by atoms with Crippen LogP contribution in [-0.2, 0) is 6.54 Å². The van der Waals surface area contributed by atoms with Crippen LogP contribution in [0.25, 0.3) is 11.0 Å². The molecule has 1 N–H and O–H groups in total. The van der Waals surface area contributed by atoms with Gasteiger partial charge in [-0.05, 0) is 0 Å². The van der Waals surface area contributed by atoms with Crippen molar-refractivity contribution in [3.8, 4) is 0 Å². The Balaban J connectivity index is 1.87. The second-order valence-electron chi connectivity index (χ2n) is 4.18. The molecule has 3 aromatic rings. The minimum absolute atomic E-state index is 0.0845. The van der Waals surface area contributed by atoms with E-state index < -0.39 is 0 Å². The first kappa shape index (κ1) is 12.8. The Hall–Kier alpha value is -2.24. The van der Waals surface area contributed by atoms with Crippen LogP contribution in [0.2, 0.25) is 0 Å². The third-order valence-corrected chi connectivity index (χ3v) is 4.08. The molecule has 0 saturated carbocycles. The number of hydrogen-bond donors (Lipinski definition) is 1. The monoisotopic (exact) mass is 334 g/mol. The Morgan fingerprint density at radius 2 is 2.00 bits per heavy atom. The van der Waals surface area contributed by atoms with E-state index in [9.17, 15) is 10.1 Å². The summed E-state index contributed by atoms with van der Waals surface area (Å²) in [6, 6.07) is 12.5. The third kappa shape index (κ3) is 2.41. The van der Waals surface area contributed by atoms with Crippen LogP contribution in [0.3, 0.4) is 0 Å². The van der Waals surface area contributed by atoms with Crippen molar-refractivity contribution in [1.29, 1.82) is 0 Å². The molecule has 0 unspecified atom stereocenters. The number of hydrogen-bond acceptors (Lipinski definition) is 5. The van der Waals surface area contributed by atoms with Crippen LogP contribution in [0, 0.1) is 10.1 Å². The van der Waals surface area contributed by atoms with E-state index in [0.717, 1.165) is 16.7 Å². The predicted octanol–water partition coefficient (Wildman–Crippen LogP) is 2.21. The number of aromatic nitrogens is 2. The second-order valence-corrected chi connectivity index (χ2v) is 5.29. The van der Waals surface area contributed by atoms with Gasteiger partial charge in [-0.15, -0.1) is 0 Å². The van der Waals surface area contributed by atoms with E-state index in [1.807, 2.05) is 18.2 Å². The third-order valence-electron chi connectivity index (χ3n) is 2.94. The van der Waals surface area contributed by atoms with Gasteiger partial charge in [0.15, 0.2) is 0 Å². The van der Waals surface area contributed by atoms with E-state index >= 15 is 0 Å². The van der Waals surface area contributed by atoms with Crippen LogP contribution < -0.4 is 5.32 Å². The molecule has 0 spiro atoms. The molecule has 1 aromatic heterocycles. The van der Waals surface area contributed by atoms with Crippen molar-refractivity contribution in [2.45, 2.75) is 6.54 Å². The van der Waals surface area contributed by atoms with E-state index in [4.69, 9.17) is 0 Å². The van der Waals surface area contributed by atoms with Crippen LogP contribution in [0.4, 0.5) is 11.4 Å². The van der Waals surface area contributed by atoms with E-state index in [1.165, 1.54) is 6.07 Å². The van der Waals surface area contributed by atoms with Gasteiger partial charge in [-0.3, -0.25) is 0 Å². The Bertz CT molecular complexity index is 772. The van der Waals surface area contributed by atoms with Crippen molar-refractivity contribution >= 4 is 37.4 Å². The number of rotatable bonds is 4. The first-order valence-electron chi connectivity index (χ1n) is 5.93. The first-order valence-corrected chi connectivity index (χ1v) is 7.46. The average molecular weight is 333 g/mol. The summed E-state index contributed by atoms with van der Waals surface area (Å²) in [6.45, 7) is 0.385. The molecular formula is C13H10N4O2Se. The number of nitrogens with one attached hydrogen (secondary N) is 1. The zero-order valence-corrected chi connectivity index (χ0v) is 12.0. The molecule has 0 bridgehead atoms. The van der Waals surface area contributed by atoms with E-state index in [1.54, 1.807) is 18.2 Å². The maximum absolute atomic E-state index is 11.0. The molecule has 0 radical (unpaired) electrons. The van der Waals surface area contributed by atoms with Crippen molar-refractivity contribution in [2.24, 2.45) is 0 Å². The van der Waals surface area contributed by atoms with Crippen LogP contribution in [0.15, 0.2) is 42.5 Å². The summed E-state index contributed by atoms with van der Waals surface area (Å²) in [5.41, 5.74) is 3.38. The van der Waals surface area contributed by atoms with Crippen molar-refractivity contribution in [3.05, 3.63) is 58.1 Å². The van der Waals surface area contributed by atoms with Gasteiger partial charge in [-0.2, -0.15) is 0 Å². The minimum atomic E-state index is -0.366. The fraction of sp³-hybridized carbons (Fsp3) is 0.0769. The summed E-state index contributed by atoms with van der Waals surface area (Å²) in [5, 5.41) is 14.2. The van der Waals surface area contributed by atoms with Crippen LogP contribution >= 0.6 is 0 Å². The molecule has 0 aliphatic carbocycles. The number of anilines is 1. The molecule has 0 aliphatic rings. The van der Waals surface area contributed by atoms with Gasteiger partial charge in [-0.1, -0.05) is 0 Å². The van der Waals surface area contributed by atoms with Gasteiger partial charge in [-0.25, -0.2) is 0 Å². The van der Waals surface area contributed by atoms with Crippen LogP contribution in [-0.4, -0.2) is 27.8 Å². The Labute approximate surface area is 120 Å². The quantitative estimate of drug-likeness (QED) is 0.450. The molecule has 0 aliphatic heterocycles. The summed E-state index contributed by atoms with van der Waals surface area (Å²) in [6.07, 6.45) is 0. The van der Waals surface area contributed by atoms with Crippen molar-refractivity contribution in [3.63, 3.8) is 0 Å². The zero-order valence-electron chi connectivity index (χ0n) is 10.3. The van der Waals surface area contributed by atoms with Gasteiger partial charge in [0.1, 0.15) is 0 Å². The molecule has 100 valence electrons. The Morgan fingerprint density at radius 1 is 1.15 bits per heavy atom. The summed E-state index contributed by atoms with van der Waals surface area (Å²) in [7, 11) is 0. The molecule has 7 heteroatoms. The Morgan fingerprint density at radius 3 is 2.85 bits per heavy atom. The SMILES string of the molecule is O=[N+]([O-])c1ccccc1CNc1cccc2n[se]nc12. The molecule has 20 heavy (non-hydrogen) atoms. The number of para-hydroxylation sites is 1. The predicted molar refractivity (Wildman–Crippen MR) is 76.9 cm³/mol. The summed E-state index contributed by atoms with van der Waals surface area (Å²) in [4.78, 5) is 10.6. The molecule has 0 amide bonds. The molecular weight excluding hydrogens is 323 g/mol. The van der Waals surface area contributed by atoms with Crippen LogP contribution in [0.5, 0.6) is 0 Å². The number of benzene rings is 2. The average Bonchev–Trinajstić information content (AvgIpc) is 2.94.